The van der Waals surface area contributed by atoms with Crippen molar-refractivity contribution in [3.8, 4) is 17.2 Å². The fraction of sp³-hybridized carbons (Fsp3) is 0.591. The standard InChI is InChI=1S/C17H17O4.C5H5.Fe/c1-11(12-7-5-6-8-12)15(18)13-9-10-14(19-2)17(21-4)16(13)20-3;1-2-4-5-3-1;/h5-10H,1H2,2-4H3;1-5H;. The van der Waals surface area contributed by atoms with Gasteiger partial charge in [0, 0.05) is 0 Å². The summed E-state index contributed by atoms with van der Waals surface area (Å²) in [5, 5.41) is 0. The van der Waals surface area contributed by atoms with Crippen LogP contribution >= 0.6 is 0 Å². The van der Waals surface area contributed by atoms with Gasteiger partial charge in [0.25, 0.3) is 0 Å². The van der Waals surface area contributed by atoms with Crippen LogP contribution in [-0.2, 0) is 6.51 Å². The predicted octanol–water partition coefficient (Wildman–Crippen LogP) is 5.21. The molecule has 0 amide bonds. The van der Waals surface area contributed by atoms with Gasteiger partial charge < -0.3 is 0 Å². The van der Waals surface area contributed by atoms with E-state index < -0.39 is 6.51 Å². The van der Waals surface area contributed by atoms with E-state index in [4.69, 9.17) is 14.2 Å². The van der Waals surface area contributed by atoms with Crippen molar-refractivity contribution >= 4 is 5.78 Å². The molecule has 0 aliphatic carbocycles. The minimum atomic E-state index is -3.38. The number of Topliss-reactive ketones (excluding diaryl/α,β-unsaturated/α-hetero) is 1. The van der Waals surface area contributed by atoms with Crippen LogP contribution in [0.4, 0.5) is 0 Å². The summed E-state index contributed by atoms with van der Waals surface area (Å²) in [6.45, 7) is 1.18. The summed E-state index contributed by atoms with van der Waals surface area (Å²) < 4.78 is 16.9. The first-order chi connectivity index (χ1) is 12.8. The Morgan fingerprint density at radius 2 is 1.44 bits per heavy atom. The minimum absolute atomic E-state index is 0.126. The maximum absolute atomic E-state index is 13.8. The van der Waals surface area contributed by atoms with Crippen LogP contribution in [0.3, 0.4) is 0 Å². The number of hydrogen-bond acceptors (Lipinski definition) is 4. The van der Waals surface area contributed by atoms with Crippen LogP contribution in [0.2, 0.25) is 47.7 Å². The van der Waals surface area contributed by atoms with E-state index in [1.165, 1.54) is 33.7 Å². The van der Waals surface area contributed by atoms with Crippen molar-refractivity contribution in [2.45, 2.75) is 47.7 Å². The molecule has 4 atom stereocenters. The Morgan fingerprint density at radius 1 is 0.889 bits per heavy atom. The van der Waals surface area contributed by atoms with Crippen LogP contribution in [0.25, 0.3) is 0 Å². The Balaban J connectivity index is 1.15. The molecule has 142 valence electrons. The van der Waals surface area contributed by atoms with Gasteiger partial charge in [-0.3, -0.25) is 0 Å². The molecular weight excluding hydrogens is 384 g/mol. The fourth-order valence-corrected chi connectivity index (χ4v) is 92.9. The summed E-state index contributed by atoms with van der Waals surface area (Å²) in [4.78, 5) is 24.2. The van der Waals surface area contributed by atoms with Crippen LogP contribution in [-0.4, -0.2) is 27.1 Å². The summed E-state index contributed by atoms with van der Waals surface area (Å²) in [6, 6.07) is 3.67. The quantitative estimate of drug-likeness (QED) is 0.370. The number of carbonyl (C=O) groups is 1. The first-order valence-electron chi connectivity index (χ1n) is 10.1. The number of methoxy groups -OCH3 is 3. The monoisotopic (exact) mass is 406 g/mol. The van der Waals surface area contributed by atoms with E-state index in [9.17, 15) is 4.79 Å². The van der Waals surface area contributed by atoms with Crippen molar-refractivity contribution in [2.24, 2.45) is 0 Å². The second kappa shape index (κ2) is 1.37. The summed E-state index contributed by atoms with van der Waals surface area (Å²) >= 11 is 0. The third-order valence-electron chi connectivity index (χ3n) is 17.4. The molecule has 0 bridgehead atoms. The Bertz CT molecular complexity index is 1430. The van der Waals surface area contributed by atoms with E-state index in [1.54, 1.807) is 21.3 Å². The van der Waals surface area contributed by atoms with Gasteiger partial charge in [-0.05, 0) is 0 Å². The number of ether oxygens (including phenoxy) is 3. The van der Waals surface area contributed by atoms with Crippen LogP contribution in [0.1, 0.15) is 10.4 Å². The normalized spacial score (nSPS) is 78.7. The molecule has 0 aromatic heterocycles. The van der Waals surface area contributed by atoms with E-state index in [2.05, 4.69) is 6.58 Å². The van der Waals surface area contributed by atoms with E-state index >= 15 is 0 Å². The first kappa shape index (κ1) is 12.2. The molecule has 1 aromatic rings. The summed E-state index contributed by atoms with van der Waals surface area (Å²) in [5.41, 5.74) is 1.61. The molecule has 0 radical (unpaired) electrons. The van der Waals surface area contributed by atoms with Gasteiger partial charge in [-0.2, -0.15) is 0 Å². The molecule has 10 saturated heterocycles. The first-order valence-corrected chi connectivity index (χ1v) is 16.4. The zero-order valence-electron chi connectivity index (χ0n) is 15.5. The van der Waals surface area contributed by atoms with Gasteiger partial charge in [0.05, 0.1) is 0 Å². The zero-order chi connectivity index (χ0) is 18.0. The van der Waals surface area contributed by atoms with Crippen molar-refractivity contribution in [3.05, 3.63) is 29.8 Å². The van der Waals surface area contributed by atoms with E-state index in [0.29, 0.717) is 27.1 Å². The van der Waals surface area contributed by atoms with Gasteiger partial charge in [-0.15, -0.1) is 0 Å². The van der Waals surface area contributed by atoms with Gasteiger partial charge >= 0.3 is 147 Å². The van der Waals surface area contributed by atoms with Crippen molar-refractivity contribution in [1.82, 2.24) is 0 Å². The van der Waals surface area contributed by atoms with Gasteiger partial charge in [-0.1, -0.05) is 0 Å². The molecule has 11 rings (SSSR count). The molecule has 27 heavy (non-hydrogen) atoms. The molecule has 10 fully saturated rings. The third-order valence-corrected chi connectivity index (χ3v) is 59.7. The summed E-state index contributed by atoms with van der Waals surface area (Å²) in [5.74, 6) is 1.72. The topological polar surface area (TPSA) is 44.8 Å². The van der Waals surface area contributed by atoms with Crippen LogP contribution in [0, 0.1) is 0 Å². The molecule has 4 unspecified atom stereocenters. The number of fused-ring (bicyclic) bond motifs is 10. The van der Waals surface area contributed by atoms with Crippen LogP contribution in [0.5, 0.6) is 17.2 Å². The number of ketones is 1. The third kappa shape index (κ3) is 0.202. The molecular formula is C22H22FeO4. The van der Waals surface area contributed by atoms with Gasteiger partial charge in [0.2, 0.25) is 0 Å². The molecule has 10 aliphatic rings. The molecule has 0 N–H and O–H groups in total. The zero-order valence-corrected chi connectivity index (χ0v) is 16.6. The Morgan fingerprint density at radius 3 is 1.81 bits per heavy atom. The summed E-state index contributed by atoms with van der Waals surface area (Å²) in [6.07, 6.45) is 0. The number of hydrogen-bond donors (Lipinski definition) is 0. The molecule has 10 heterocycles. The van der Waals surface area contributed by atoms with E-state index in [1.807, 2.05) is 12.1 Å². The van der Waals surface area contributed by atoms with Crippen LogP contribution in [0.15, 0.2) is 24.3 Å². The van der Waals surface area contributed by atoms with Gasteiger partial charge in [-0.25, -0.2) is 0 Å². The van der Waals surface area contributed by atoms with Crippen molar-refractivity contribution in [2.75, 3.05) is 21.3 Å². The Labute approximate surface area is 147 Å². The molecule has 1 aromatic carbocycles. The summed E-state index contributed by atoms with van der Waals surface area (Å²) in [7, 11) is 4.79. The van der Waals surface area contributed by atoms with Crippen LogP contribution < -0.4 is 14.2 Å². The number of benzene rings is 1. The van der Waals surface area contributed by atoms with Crippen molar-refractivity contribution < 1.29 is 25.5 Å². The Kier molecular flexibility index (Phi) is 0.620. The van der Waals surface area contributed by atoms with E-state index in [-0.39, 0.29) is 5.78 Å². The SMILES string of the molecule is C=C(C(=O)c1ccc(OC)c(OC)c1OC)[C]12[CH]3[CH]4[CH]5[CH]1[Fe]45321678[CH]2[CH]1[CH]6[CH]7[CH]28. The molecule has 5 heteroatoms. The average Bonchev–Trinajstić information content (AvgIpc) is 3.63. The predicted molar refractivity (Wildman–Crippen MR) is 96.0 cm³/mol. The second-order valence-electron chi connectivity index (χ2n) is 12.9. The Hall–Kier alpha value is -1.45. The van der Waals surface area contributed by atoms with Gasteiger partial charge in [0.15, 0.2) is 0 Å². The molecule has 10 aliphatic heterocycles. The van der Waals surface area contributed by atoms with Crippen molar-refractivity contribution in [3.63, 3.8) is 0 Å². The molecule has 1 spiro atoms. The maximum atomic E-state index is 13.8. The molecule has 4 nitrogen and oxygen atoms in total. The fourth-order valence-electron chi connectivity index (χ4n) is 18.6. The van der Waals surface area contributed by atoms with Crippen molar-refractivity contribution in [1.29, 1.82) is 0 Å². The number of carbonyl (C=O) groups excluding carboxylic acids is 1. The molecule has 0 saturated carbocycles. The average molecular weight is 406 g/mol. The van der Waals surface area contributed by atoms with E-state index in [0.717, 1.165) is 15.2 Å². The number of allylic oxidation sites excluding steroid dienone is 1. The second-order valence-corrected chi connectivity index (χ2v) is 36.4. The van der Waals surface area contributed by atoms with Gasteiger partial charge in [0.1, 0.15) is 0 Å². The number of rotatable bonds is 6.